The Kier molecular flexibility index (Phi) is 3.38. The molecule has 7 heteroatoms. The SMILES string of the molecule is B[C@@H]1O[C@H](CO)[C@@H]2OC(C)(C)OC12C=C=C(F)F. The number of rotatable bonds is 2. The summed E-state index contributed by atoms with van der Waals surface area (Å²) in [5.41, 5.74) is 0.716. The highest BCUT2D eigenvalue weighted by Crippen LogP contribution is 2.46. The third kappa shape index (κ3) is 2.13. The molecule has 2 fully saturated rings. The molecule has 0 bridgehead atoms. The number of hydrogen-bond acceptors (Lipinski definition) is 4. The number of aliphatic hydroxyl groups excluding tert-OH is 1. The molecule has 0 saturated carbocycles. The second-order valence-electron chi connectivity index (χ2n) is 4.94. The van der Waals surface area contributed by atoms with Crippen LogP contribution in [0, 0.1) is 0 Å². The lowest BCUT2D eigenvalue weighted by atomic mass is 9.80. The number of hydrogen-bond donors (Lipinski definition) is 1. The van der Waals surface area contributed by atoms with Gasteiger partial charge in [0.05, 0.1) is 12.6 Å². The average molecular weight is 260 g/mol. The third-order valence-electron chi connectivity index (χ3n) is 3.22. The summed E-state index contributed by atoms with van der Waals surface area (Å²) in [5.74, 6) is -0.916. The summed E-state index contributed by atoms with van der Waals surface area (Å²) in [6.07, 6.45) is -2.01. The smallest absolute Gasteiger partial charge is 0.312 e. The monoisotopic (exact) mass is 260 g/mol. The van der Waals surface area contributed by atoms with E-state index in [-0.39, 0.29) is 6.61 Å². The summed E-state index contributed by atoms with van der Waals surface area (Å²) >= 11 is 0. The van der Waals surface area contributed by atoms with Crippen molar-refractivity contribution < 1.29 is 28.1 Å². The third-order valence-corrected chi connectivity index (χ3v) is 3.22. The minimum absolute atomic E-state index is 0.258. The van der Waals surface area contributed by atoms with Gasteiger partial charge in [0.15, 0.2) is 5.79 Å². The molecule has 2 aliphatic heterocycles. The quantitative estimate of drug-likeness (QED) is 0.567. The van der Waals surface area contributed by atoms with Gasteiger partial charge in [0.2, 0.25) is 0 Å². The molecule has 18 heavy (non-hydrogen) atoms. The molecule has 4 nitrogen and oxygen atoms in total. The highest BCUT2D eigenvalue weighted by molar-refractivity contribution is 6.12. The maximum atomic E-state index is 12.2. The van der Waals surface area contributed by atoms with Crippen molar-refractivity contribution in [2.24, 2.45) is 0 Å². The van der Waals surface area contributed by atoms with Crippen LogP contribution >= 0.6 is 0 Å². The molecule has 2 heterocycles. The van der Waals surface area contributed by atoms with Gasteiger partial charge in [-0.3, -0.25) is 0 Å². The first-order valence-corrected chi connectivity index (χ1v) is 5.74. The Morgan fingerprint density at radius 1 is 1.50 bits per heavy atom. The largest absolute Gasteiger partial charge is 0.394 e. The van der Waals surface area contributed by atoms with Crippen LogP contribution < -0.4 is 0 Å². The lowest BCUT2D eigenvalue weighted by molar-refractivity contribution is -0.191. The van der Waals surface area contributed by atoms with Gasteiger partial charge in [-0.05, 0) is 19.9 Å². The normalized spacial score (nSPS) is 41.3. The van der Waals surface area contributed by atoms with Crippen molar-refractivity contribution in [3.05, 3.63) is 17.9 Å². The Morgan fingerprint density at radius 3 is 2.72 bits per heavy atom. The van der Waals surface area contributed by atoms with Gasteiger partial charge in [-0.2, -0.15) is 8.78 Å². The standard InChI is InChI=1S/C11H15BF2O4/c1-10(2)17-8-6(5-15)16-9(12)11(8,18-10)4-3-7(13)14/h4,6,8-9,15H,5,12H2,1-2H3/t6-,8+,9-,11?/m1/s1. The van der Waals surface area contributed by atoms with Gasteiger partial charge in [0, 0.05) is 0 Å². The molecule has 0 aliphatic carbocycles. The minimum Gasteiger partial charge on any atom is -0.394 e. The second-order valence-corrected chi connectivity index (χ2v) is 4.94. The molecule has 2 rings (SSSR count). The van der Waals surface area contributed by atoms with Crippen LogP contribution in [0.5, 0.6) is 0 Å². The summed E-state index contributed by atoms with van der Waals surface area (Å²) in [6, 6.07) is -0.506. The zero-order valence-corrected chi connectivity index (χ0v) is 10.4. The molecular formula is C11H15BF2O4. The number of halogens is 2. The average Bonchev–Trinajstić information content (AvgIpc) is 2.67. The topological polar surface area (TPSA) is 47.9 Å². The van der Waals surface area contributed by atoms with Crippen LogP contribution in [0.1, 0.15) is 13.8 Å². The summed E-state index contributed by atoms with van der Waals surface area (Å²) < 4.78 is 41.3. The van der Waals surface area contributed by atoms with Crippen LogP contribution in [0.3, 0.4) is 0 Å². The maximum absolute atomic E-state index is 12.2. The van der Waals surface area contributed by atoms with E-state index in [4.69, 9.17) is 14.2 Å². The van der Waals surface area contributed by atoms with E-state index in [1.54, 1.807) is 21.7 Å². The summed E-state index contributed by atoms with van der Waals surface area (Å²) in [7, 11) is 1.70. The van der Waals surface area contributed by atoms with E-state index < -0.39 is 35.7 Å². The second kappa shape index (κ2) is 4.44. The molecule has 2 saturated heterocycles. The molecule has 2 aliphatic rings. The first-order valence-electron chi connectivity index (χ1n) is 5.74. The molecule has 100 valence electrons. The summed E-state index contributed by atoms with van der Waals surface area (Å²) in [4.78, 5) is 0. The molecule has 0 spiro atoms. The van der Waals surface area contributed by atoms with Gasteiger partial charge >= 0.3 is 6.08 Å². The van der Waals surface area contributed by atoms with Gasteiger partial charge in [-0.1, -0.05) is 5.73 Å². The number of aliphatic hydroxyl groups is 1. The first-order chi connectivity index (χ1) is 8.31. The lowest BCUT2D eigenvalue weighted by Crippen LogP contribution is -2.45. The minimum atomic E-state index is -1.93. The van der Waals surface area contributed by atoms with Crippen molar-refractivity contribution in [2.45, 2.75) is 43.4 Å². The fourth-order valence-corrected chi connectivity index (χ4v) is 2.56. The predicted octanol–water partition coefficient (Wildman–Crippen LogP) is 0.162. The highest BCUT2D eigenvalue weighted by atomic mass is 19.3. The lowest BCUT2D eigenvalue weighted by Gasteiger charge is -2.27. The van der Waals surface area contributed by atoms with E-state index in [1.165, 1.54) is 0 Å². The Balaban J connectivity index is 2.42. The Hall–Kier alpha value is -0.715. The van der Waals surface area contributed by atoms with Crippen LogP contribution in [0.4, 0.5) is 8.78 Å². The molecule has 0 aromatic heterocycles. The Bertz CT molecular complexity index is 404. The molecule has 0 amide bonds. The molecule has 0 aromatic carbocycles. The van der Waals surface area contributed by atoms with E-state index in [0.717, 1.165) is 6.08 Å². The van der Waals surface area contributed by atoms with Crippen LogP contribution in [0.15, 0.2) is 17.9 Å². The summed E-state index contributed by atoms with van der Waals surface area (Å²) in [6.45, 7) is 3.13. The van der Waals surface area contributed by atoms with Crippen LogP contribution in [-0.4, -0.2) is 49.2 Å². The van der Waals surface area contributed by atoms with Crippen LogP contribution in [0.2, 0.25) is 0 Å². The van der Waals surface area contributed by atoms with Gasteiger partial charge in [0.1, 0.15) is 25.7 Å². The molecule has 1 N–H and O–H groups in total. The highest BCUT2D eigenvalue weighted by Gasteiger charge is 2.63. The van der Waals surface area contributed by atoms with Crippen molar-refractivity contribution in [1.29, 1.82) is 0 Å². The van der Waals surface area contributed by atoms with E-state index in [9.17, 15) is 13.9 Å². The van der Waals surface area contributed by atoms with Crippen molar-refractivity contribution in [2.75, 3.05) is 6.61 Å². The molecule has 4 atom stereocenters. The van der Waals surface area contributed by atoms with Crippen molar-refractivity contribution in [3.63, 3.8) is 0 Å². The van der Waals surface area contributed by atoms with E-state index in [2.05, 4.69) is 0 Å². The Labute approximate surface area is 105 Å². The first kappa shape index (κ1) is 13.7. The van der Waals surface area contributed by atoms with Gasteiger partial charge in [-0.15, -0.1) is 0 Å². The molecule has 0 radical (unpaired) electrons. The van der Waals surface area contributed by atoms with Crippen molar-refractivity contribution in [3.8, 4) is 0 Å². The van der Waals surface area contributed by atoms with Crippen LogP contribution in [-0.2, 0) is 14.2 Å². The zero-order chi connectivity index (χ0) is 13.6. The van der Waals surface area contributed by atoms with Crippen LogP contribution in [0.25, 0.3) is 0 Å². The number of fused-ring (bicyclic) bond motifs is 1. The maximum Gasteiger partial charge on any atom is 0.312 e. The number of ether oxygens (including phenoxy) is 3. The predicted molar refractivity (Wildman–Crippen MR) is 60.9 cm³/mol. The fraction of sp³-hybridized carbons (Fsp3) is 0.727. The van der Waals surface area contributed by atoms with Crippen molar-refractivity contribution in [1.82, 2.24) is 0 Å². The zero-order valence-electron chi connectivity index (χ0n) is 10.4. The van der Waals surface area contributed by atoms with E-state index >= 15 is 0 Å². The molecular weight excluding hydrogens is 245 g/mol. The van der Waals surface area contributed by atoms with Gasteiger partial charge in [-0.25, -0.2) is 0 Å². The molecule has 1 unspecified atom stereocenters. The van der Waals surface area contributed by atoms with E-state index in [1.807, 2.05) is 5.73 Å². The fourth-order valence-electron chi connectivity index (χ4n) is 2.56. The Morgan fingerprint density at radius 2 is 2.17 bits per heavy atom. The van der Waals surface area contributed by atoms with Crippen molar-refractivity contribution >= 4 is 7.85 Å². The molecule has 0 aromatic rings. The van der Waals surface area contributed by atoms with E-state index in [0.29, 0.717) is 0 Å². The van der Waals surface area contributed by atoms with Gasteiger partial charge in [0.25, 0.3) is 0 Å². The summed E-state index contributed by atoms with van der Waals surface area (Å²) in [5, 5.41) is 9.24. The van der Waals surface area contributed by atoms with Gasteiger partial charge < -0.3 is 19.3 Å².